The fourth-order valence-corrected chi connectivity index (χ4v) is 3.29. The van der Waals surface area contributed by atoms with Gasteiger partial charge in [-0.05, 0) is 33.8 Å². The zero-order valence-electron chi connectivity index (χ0n) is 16.9. The maximum atomic E-state index is 12.4. The van der Waals surface area contributed by atoms with Gasteiger partial charge in [-0.3, -0.25) is 20.4 Å². The van der Waals surface area contributed by atoms with E-state index in [2.05, 4.69) is 31.6 Å². The SMILES string of the molecule is O=C(Cn1nnc(-c2ccccc2)n1)NNC(=S)NC(=O)Cc1cccc2ccccc12. The van der Waals surface area contributed by atoms with E-state index in [0.717, 1.165) is 21.9 Å². The average molecular weight is 446 g/mol. The van der Waals surface area contributed by atoms with Crippen molar-refractivity contribution >= 4 is 39.9 Å². The summed E-state index contributed by atoms with van der Waals surface area (Å²) in [6.45, 7) is -0.167. The summed E-state index contributed by atoms with van der Waals surface area (Å²) >= 11 is 5.09. The molecule has 2 amide bonds. The first-order valence-electron chi connectivity index (χ1n) is 9.77. The van der Waals surface area contributed by atoms with Crippen LogP contribution in [0.2, 0.25) is 0 Å². The number of carbonyl (C=O) groups is 2. The van der Waals surface area contributed by atoms with E-state index in [9.17, 15) is 9.59 Å². The van der Waals surface area contributed by atoms with Crippen LogP contribution in [-0.4, -0.2) is 37.1 Å². The number of benzene rings is 3. The summed E-state index contributed by atoms with van der Waals surface area (Å²) in [5.41, 5.74) is 6.60. The van der Waals surface area contributed by atoms with Gasteiger partial charge in [0.05, 0.1) is 6.42 Å². The second-order valence-electron chi connectivity index (χ2n) is 6.88. The molecule has 0 unspecified atom stereocenters. The van der Waals surface area contributed by atoms with E-state index < -0.39 is 5.91 Å². The Balaban J connectivity index is 1.25. The van der Waals surface area contributed by atoms with Gasteiger partial charge in [-0.1, -0.05) is 72.8 Å². The molecule has 160 valence electrons. The number of hydrogen-bond donors (Lipinski definition) is 3. The van der Waals surface area contributed by atoms with Crippen molar-refractivity contribution in [2.75, 3.05) is 0 Å². The summed E-state index contributed by atoms with van der Waals surface area (Å²) in [5.74, 6) is -0.325. The normalized spacial score (nSPS) is 10.5. The first-order chi connectivity index (χ1) is 15.6. The predicted molar refractivity (Wildman–Crippen MR) is 123 cm³/mol. The first kappa shape index (κ1) is 21.1. The Morgan fingerprint density at radius 3 is 2.47 bits per heavy atom. The zero-order valence-corrected chi connectivity index (χ0v) is 17.7. The molecule has 32 heavy (non-hydrogen) atoms. The number of thiocarbonyl (C=S) groups is 1. The minimum Gasteiger partial charge on any atom is -0.302 e. The lowest BCUT2D eigenvalue weighted by Gasteiger charge is -2.11. The number of nitrogens with one attached hydrogen (secondary N) is 3. The molecule has 3 N–H and O–H groups in total. The topological polar surface area (TPSA) is 114 Å². The number of aromatic nitrogens is 4. The van der Waals surface area contributed by atoms with Crippen molar-refractivity contribution in [2.24, 2.45) is 0 Å². The number of rotatable bonds is 5. The van der Waals surface area contributed by atoms with Gasteiger partial charge in [-0.25, -0.2) is 0 Å². The molecule has 0 bridgehead atoms. The molecule has 0 saturated carbocycles. The molecular formula is C22H19N7O2S. The van der Waals surface area contributed by atoms with Gasteiger partial charge in [0.1, 0.15) is 6.54 Å². The van der Waals surface area contributed by atoms with Crippen LogP contribution in [0.4, 0.5) is 0 Å². The largest absolute Gasteiger partial charge is 0.302 e. The highest BCUT2D eigenvalue weighted by molar-refractivity contribution is 7.80. The Kier molecular flexibility index (Phi) is 6.42. The molecular weight excluding hydrogens is 426 g/mol. The van der Waals surface area contributed by atoms with E-state index in [1.807, 2.05) is 72.8 Å². The standard InChI is InChI=1S/C22H19N7O2S/c30-19(13-17-11-6-10-15-7-4-5-12-18(15)17)23-22(32)26-24-20(31)14-29-27-21(25-28-29)16-8-2-1-3-9-16/h1-12H,13-14H2,(H,24,31)(H2,23,26,30,32). The van der Waals surface area contributed by atoms with Gasteiger partial charge >= 0.3 is 0 Å². The number of nitrogens with zero attached hydrogens (tertiary/aromatic N) is 4. The molecule has 0 saturated heterocycles. The third-order valence-corrected chi connectivity index (χ3v) is 4.77. The smallest absolute Gasteiger partial charge is 0.262 e. The van der Waals surface area contributed by atoms with Crippen molar-refractivity contribution in [3.63, 3.8) is 0 Å². The minimum atomic E-state index is -0.451. The van der Waals surface area contributed by atoms with E-state index in [0.29, 0.717) is 5.82 Å². The summed E-state index contributed by atoms with van der Waals surface area (Å²) in [4.78, 5) is 25.6. The lowest BCUT2D eigenvalue weighted by Crippen LogP contribution is -2.49. The van der Waals surface area contributed by atoms with Crippen LogP contribution in [0.15, 0.2) is 72.8 Å². The van der Waals surface area contributed by atoms with Gasteiger partial charge in [-0.15, -0.1) is 10.2 Å². The van der Waals surface area contributed by atoms with Crippen molar-refractivity contribution in [1.82, 2.24) is 36.4 Å². The monoisotopic (exact) mass is 445 g/mol. The molecule has 0 aliphatic rings. The van der Waals surface area contributed by atoms with Crippen molar-refractivity contribution < 1.29 is 9.59 Å². The van der Waals surface area contributed by atoms with Crippen LogP contribution in [0, 0.1) is 0 Å². The van der Waals surface area contributed by atoms with Gasteiger partial charge in [0.25, 0.3) is 5.91 Å². The Morgan fingerprint density at radius 1 is 0.875 bits per heavy atom. The molecule has 0 aliphatic heterocycles. The van der Waals surface area contributed by atoms with Crippen molar-refractivity contribution in [3.05, 3.63) is 78.4 Å². The van der Waals surface area contributed by atoms with E-state index in [4.69, 9.17) is 12.2 Å². The zero-order chi connectivity index (χ0) is 22.3. The van der Waals surface area contributed by atoms with Crippen LogP contribution < -0.4 is 16.2 Å². The number of tetrazole rings is 1. The lowest BCUT2D eigenvalue weighted by molar-refractivity contribution is -0.123. The number of amides is 2. The van der Waals surface area contributed by atoms with Crippen molar-refractivity contribution in [1.29, 1.82) is 0 Å². The molecule has 0 spiro atoms. The third kappa shape index (κ3) is 5.29. The second kappa shape index (κ2) is 9.75. The van der Waals surface area contributed by atoms with E-state index in [1.54, 1.807) is 0 Å². The molecule has 4 aromatic rings. The first-order valence-corrected chi connectivity index (χ1v) is 10.2. The van der Waals surface area contributed by atoms with Crippen LogP contribution in [-0.2, 0) is 22.6 Å². The van der Waals surface area contributed by atoms with Crippen molar-refractivity contribution in [3.8, 4) is 11.4 Å². The highest BCUT2D eigenvalue weighted by Crippen LogP contribution is 2.18. The van der Waals surface area contributed by atoms with Gasteiger partial charge in [0.2, 0.25) is 11.7 Å². The molecule has 10 heteroatoms. The fraction of sp³-hybridized carbons (Fsp3) is 0.0909. The van der Waals surface area contributed by atoms with E-state index in [1.165, 1.54) is 4.80 Å². The van der Waals surface area contributed by atoms with Gasteiger partial charge in [0, 0.05) is 5.56 Å². The Labute approximate surface area is 188 Å². The number of carbonyl (C=O) groups excluding carboxylic acids is 2. The molecule has 0 radical (unpaired) electrons. The molecule has 1 heterocycles. The van der Waals surface area contributed by atoms with Crippen LogP contribution >= 0.6 is 12.2 Å². The summed E-state index contributed by atoms with van der Waals surface area (Å²) in [6, 6.07) is 22.9. The van der Waals surface area contributed by atoms with Crippen LogP contribution in [0.5, 0.6) is 0 Å². The number of hydrazine groups is 1. The number of fused-ring (bicyclic) bond motifs is 1. The highest BCUT2D eigenvalue weighted by atomic mass is 32.1. The maximum Gasteiger partial charge on any atom is 0.262 e. The quantitative estimate of drug-likeness (QED) is 0.317. The Hall–Kier alpha value is -4.18. The second-order valence-corrected chi connectivity index (χ2v) is 7.28. The summed E-state index contributed by atoms with van der Waals surface area (Å²) in [7, 11) is 0. The molecule has 3 aromatic carbocycles. The highest BCUT2D eigenvalue weighted by Gasteiger charge is 2.11. The summed E-state index contributed by atoms with van der Waals surface area (Å²) < 4.78 is 0. The maximum absolute atomic E-state index is 12.4. The van der Waals surface area contributed by atoms with Gasteiger partial charge in [-0.2, -0.15) is 4.80 Å². The van der Waals surface area contributed by atoms with Crippen molar-refractivity contribution in [2.45, 2.75) is 13.0 Å². The summed E-state index contributed by atoms with van der Waals surface area (Å²) in [6.07, 6.45) is 0.155. The molecule has 9 nitrogen and oxygen atoms in total. The van der Waals surface area contributed by atoms with Gasteiger partial charge < -0.3 is 5.32 Å². The lowest BCUT2D eigenvalue weighted by atomic mass is 10.0. The van der Waals surface area contributed by atoms with Gasteiger partial charge in [0.15, 0.2) is 5.11 Å². The Bertz CT molecular complexity index is 1270. The average Bonchev–Trinajstić information content (AvgIpc) is 3.27. The summed E-state index contributed by atoms with van der Waals surface area (Å²) in [5, 5.41) is 16.6. The fourth-order valence-electron chi connectivity index (χ4n) is 3.13. The van der Waals surface area contributed by atoms with Crippen LogP contribution in [0.1, 0.15) is 5.56 Å². The van der Waals surface area contributed by atoms with Crippen LogP contribution in [0.3, 0.4) is 0 Å². The molecule has 4 rings (SSSR count). The predicted octanol–water partition coefficient (Wildman–Crippen LogP) is 1.76. The van der Waals surface area contributed by atoms with E-state index in [-0.39, 0.29) is 24.0 Å². The number of hydrogen-bond acceptors (Lipinski definition) is 6. The van der Waals surface area contributed by atoms with E-state index >= 15 is 0 Å². The molecule has 1 aromatic heterocycles. The van der Waals surface area contributed by atoms with Crippen LogP contribution in [0.25, 0.3) is 22.2 Å². The molecule has 0 aliphatic carbocycles. The minimum absolute atomic E-state index is 0.0138. The third-order valence-electron chi connectivity index (χ3n) is 4.57. The molecule has 0 fully saturated rings. The Morgan fingerprint density at radius 2 is 1.62 bits per heavy atom. The molecule has 0 atom stereocenters.